The Balaban J connectivity index is 1.79. The van der Waals surface area contributed by atoms with Crippen molar-refractivity contribution in [3.8, 4) is 5.75 Å². The van der Waals surface area contributed by atoms with Gasteiger partial charge in [0.25, 0.3) is 11.7 Å². The van der Waals surface area contributed by atoms with E-state index in [9.17, 15) is 14.7 Å². The second kappa shape index (κ2) is 10.2. The smallest absolute Gasteiger partial charge is 0.295 e. The largest absolute Gasteiger partial charge is 0.507 e. The Morgan fingerprint density at radius 2 is 1.86 bits per heavy atom. The Hall–Kier alpha value is -3.13. The van der Waals surface area contributed by atoms with Crippen LogP contribution < -0.4 is 4.74 Å². The monoisotopic (exact) mass is 480 g/mol. The minimum absolute atomic E-state index is 0.0172. The summed E-state index contributed by atoms with van der Waals surface area (Å²) >= 11 is 0. The maximum absolute atomic E-state index is 13.4. The molecule has 0 radical (unpaired) electrons. The number of ether oxygens (including phenoxy) is 1. The molecule has 4 rings (SSSR count). The van der Waals surface area contributed by atoms with Crippen molar-refractivity contribution in [3.63, 3.8) is 0 Å². The molecule has 8 heteroatoms. The lowest BCUT2D eigenvalue weighted by molar-refractivity contribution is -0.140. The maximum Gasteiger partial charge on any atom is 0.295 e. The molecular formula is C27H36N4O4. The highest BCUT2D eigenvalue weighted by atomic mass is 16.5. The number of hydrogen-bond donors (Lipinski definition) is 1. The van der Waals surface area contributed by atoms with Gasteiger partial charge < -0.3 is 19.6 Å². The molecule has 2 aromatic rings. The zero-order chi connectivity index (χ0) is 25.3. The number of aliphatic hydroxyl groups excluding tert-OH is 1. The third kappa shape index (κ3) is 4.98. The van der Waals surface area contributed by atoms with Gasteiger partial charge in [0, 0.05) is 25.8 Å². The van der Waals surface area contributed by atoms with Crippen LogP contribution in [0, 0.1) is 13.8 Å². The molecule has 1 aromatic heterocycles. The predicted octanol–water partition coefficient (Wildman–Crippen LogP) is 3.73. The van der Waals surface area contributed by atoms with Gasteiger partial charge in [0.05, 0.1) is 29.0 Å². The molecule has 1 amide bonds. The van der Waals surface area contributed by atoms with Crippen LogP contribution in [0.1, 0.15) is 61.7 Å². The van der Waals surface area contributed by atoms with Gasteiger partial charge >= 0.3 is 0 Å². The summed E-state index contributed by atoms with van der Waals surface area (Å²) in [6.45, 7) is 10.6. The van der Waals surface area contributed by atoms with Crippen LogP contribution >= 0.6 is 0 Å². The van der Waals surface area contributed by atoms with Crippen LogP contribution in [0.15, 0.2) is 29.8 Å². The number of benzene rings is 1. The topological polar surface area (TPSA) is 87.9 Å². The first-order valence-electron chi connectivity index (χ1n) is 12.5. The van der Waals surface area contributed by atoms with Gasteiger partial charge in [-0.05, 0) is 71.3 Å². The van der Waals surface area contributed by atoms with Crippen LogP contribution in [0.2, 0.25) is 0 Å². The van der Waals surface area contributed by atoms with Crippen LogP contribution in [0.5, 0.6) is 5.75 Å². The van der Waals surface area contributed by atoms with E-state index in [0.717, 1.165) is 37.2 Å². The van der Waals surface area contributed by atoms with Gasteiger partial charge in [-0.3, -0.25) is 14.3 Å². The molecule has 3 heterocycles. The van der Waals surface area contributed by atoms with Crippen molar-refractivity contribution in [2.24, 2.45) is 7.05 Å². The molecule has 0 saturated carbocycles. The predicted molar refractivity (Wildman–Crippen MR) is 134 cm³/mol. The molecular weight excluding hydrogens is 444 g/mol. The SMILES string of the molecule is Cc1nn(C)c(C)c1/C(O)=C1\C(=O)C(=O)N(CCN2CCCCC2)C1c1cccc(OC(C)C)c1. The Morgan fingerprint density at radius 1 is 1.14 bits per heavy atom. The fourth-order valence-electron chi connectivity index (χ4n) is 5.17. The first-order valence-corrected chi connectivity index (χ1v) is 12.5. The Kier molecular flexibility index (Phi) is 7.31. The van der Waals surface area contributed by atoms with Crippen LogP contribution in [0.25, 0.3) is 5.76 Å². The molecule has 1 atom stereocenters. The molecule has 0 bridgehead atoms. The molecule has 35 heavy (non-hydrogen) atoms. The number of likely N-dealkylation sites (tertiary alicyclic amines) is 2. The van der Waals surface area contributed by atoms with Gasteiger partial charge in [0.2, 0.25) is 0 Å². The Bertz CT molecular complexity index is 1140. The molecule has 8 nitrogen and oxygen atoms in total. The molecule has 188 valence electrons. The standard InChI is InChI=1S/C27H36N4O4/c1-17(2)35-21-11-9-10-20(16-21)24-23(25(32)22-18(3)28-29(5)19(22)4)26(33)27(34)31(24)15-14-30-12-7-6-8-13-30/h9-11,16-17,24,32H,6-8,12-15H2,1-5H3/b25-23+. The summed E-state index contributed by atoms with van der Waals surface area (Å²) in [5.41, 5.74) is 2.69. The average molecular weight is 481 g/mol. The van der Waals surface area contributed by atoms with Gasteiger partial charge in [-0.15, -0.1) is 0 Å². The summed E-state index contributed by atoms with van der Waals surface area (Å²) in [5.74, 6) is -0.758. The number of carbonyl (C=O) groups excluding carboxylic acids is 2. The van der Waals surface area contributed by atoms with E-state index in [1.165, 1.54) is 6.42 Å². The van der Waals surface area contributed by atoms with E-state index in [0.29, 0.717) is 30.1 Å². The van der Waals surface area contributed by atoms with E-state index in [2.05, 4.69) is 10.00 Å². The summed E-state index contributed by atoms with van der Waals surface area (Å²) in [4.78, 5) is 30.6. The van der Waals surface area contributed by atoms with E-state index in [1.54, 1.807) is 23.6 Å². The first kappa shape index (κ1) is 25.0. The van der Waals surface area contributed by atoms with Gasteiger partial charge in [-0.1, -0.05) is 18.6 Å². The first-order chi connectivity index (χ1) is 16.7. The number of aryl methyl sites for hydroxylation is 2. The summed E-state index contributed by atoms with van der Waals surface area (Å²) < 4.78 is 7.56. The fourth-order valence-corrected chi connectivity index (χ4v) is 5.17. The molecule has 1 aromatic carbocycles. The Labute approximate surface area is 207 Å². The highest BCUT2D eigenvalue weighted by Gasteiger charge is 2.46. The third-order valence-electron chi connectivity index (χ3n) is 6.94. The second-order valence-corrected chi connectivity index (χ2v) is 9.80. The molecule has 2 saturated heterocycles. The molecule has 2 fully saturated rings. The second-order valence-electron chi connectivity index (χ2n) is 9.80. The zero-order valence-electron chi connectivity index (χ0n) is 21.4. The molecule has 1 N–H and O–H groups in total. The van der Waals surface area contributed by atoms with Crippen molar-refractivity contribution in [3.05, 3.63) is 52.4 Å². The highest BCUT2D eigenvalue weighted by molar-refractivity contribution is 6.46. The van der Waals surface area contributed by atoms with Gasteiger partial charge in [-0.25, -0.2) is 0 Å². The van der Waals surface area contributed by atoms with Crippen LogP contribution in [-0.4, -0.2) is 68.7 Å². The number of hydrogen-bond acceptors (Lipinski definition) is 6. The molecule has 1 unspecified atom stereocenters. The van der Waals surface area contributed by atoms with Crippen molar-refractivity contribution < 1.29 is 19.4 Å². The average Bonchev–Trinajstić information content (AvgIpc) is 3.23. The minimum atomic E-state index is -0.700. The summed E-state index contributed by atoms with van der Waals surface area (Å²) in [6.07, 6.45) is 3.51. The number of aliphatic hydroxyl groups is 1. The maximum atomic E-state index is 13.4. The summed E-state index contributed by atoms with van der Waals surface area (Å²) in [7, 11) is 1.79. The molecule has 0 spiro atoms. The molecule has 2 aliphatic heterocycles. The van der Waals surface area contributed by atoms with E-state index >= 15 is 0 Å². The van der Waals surface area contributed by atoms with E-state index in [-0.39, 0.29) is 17.4 Å². The van der Waals surface area contributed by atoms with Gasteiger partial charge in [0.15, 0.2) is 0 Å². The lowest BCUT2D eigenvalue weighted by atomic mass is 9.94. The van der Waals surface area contributed by atoms with E-state index < -0.39 is 17.7 Å². The number of amides is 1. The summed E-state index contributed by atoms with van der Waals surface area (Å²) in [6, 6.07) is 6.76. The van der Waals surface area contributed by atoms with E-state index in [4.69, 9.17) is 4.74 Å². The number of rotatable bonds is 7. The number of ketones is 1. The highest BCUT2D eigenvalue weighted by Crippen LogP contribution is 2.41. The van der Waals surface area contributed by atoms with Crippen molar-refractivity contribution >= 4 is 17.4 Å². The minimum Gasteiger partial charge on any atom is -0.507 e. The summed E-state index contributed by atoms with van der Waals surface area (Å²) in [5, 5.41) is 15.8. The van der Waals surface area contributed by atoms with Gasteiger partial charge in [0.1, 0.15) is 11.5 Å². The lowest BCUT2D eigenvalue weighted by Gasteiger charge is -2.31. The number of nitrogens with zero attached hydrogens (tertiary/aromatic N) is 4. The number of aromatic nitrogens is 2. The molecule has 0 aliphatic carbocycles. The number of carbonyl (C=O) groups is 2. The number of Topliss-reactive ketones (excluding diaryl/α,β-unsaturated/α-hetero) is 1. The number of piperidine rings is 1. The van der Waals surface area contributed by atoms with Crippen LogP contribution in [0.3, 0.4) is 0 Å². The van der Waals surface area contributed by atoms with E-state index in [1.807, 2.05) is 45.0 Å². The van der Waals surface area contributed by atoms with Crippen molar-refractivity contribution in [1.29, 1.82) is 0 Å². The quantitative estimate of drug-likeness (QED) is 0.369. The third-order valence-corrected chi connectivity index (χ3v) is 6.94. The van der Waals surface area contributed by atoms with Crippen molar-refractivity contribution in [2.45, 2.75) is 59.1 Å². The van der Waals surface area contributed by atoms with Gasteiger partial charge in [-0.2, -0.15) is 5.10 Å². The Morgan fingerprint density at radius 3 is 2.49 bits per heavy atom. The zero-order valence-corrected chi connectivity index (χ0v) is 21.4. The van der Waals surface area contributed by atoms with Crippen molar-refractivity contribution in [2.75, 3.05) is 26.2 Å². The fraction of sp³-hybridized carbons (Fsp3) is 0.519. The van der Waals surface area contributed by atoms with Crippen molar-refractivity contribution in [1.82, 2.24) is 19.6 Å². The lowest BCUT2D eigenvalue weighted by Crippen LogP contribution is -2.40. The normalized spacial score (nSPS) is 20.7. The molecule has 2 aliphatic rings. The van der Waals surface area contributed by atoms with Crippen LogP contribution in [-0.2, 0) is 16.6 Å². The van der Waals surface area contributed by atoms with Crippen LogP contribution in [0.4, 0.5) is 0 Å².